The normalized spacial score (nSPS) is 16.6. The van der Waals surface area contributed by atoms with Crippen molar-refractivity contribution in [2.24, 2.45) is 10.2 Å². The van der Waals surface area contributed by atoms with E-state index in [0.717, 1.165) is 39.3 Å². The number of thiophene rings is 1. The highest BCUT2D eigenvalue weighted by Gasteiger charge is 2.26. The molecule has 1 atom stereocenters. The van der Waals surface area contributed by atoms with Gasteiger partial charge in [-0.15, -0.1) is 16.4 Å². The quantitative estimate of drug-likeness (QED) is 0.481. The number of hydrogen-bond acceptors (Lipinski definition) is 5. The molecule has 5 rings (SSSR count). The summed E-state index contributed by atoms with van der Waals surface area (Å²) in [6, 6.07) is 10.7. The third kappa shape index (κ3) is 2.93. The van der Waals surface area contributed by atoms with E-state index in [2.05, 4.69) is 22.1 Å². The lowest BCUT2D eigenvalue weighted by Crippen LogP contribution is -2.12. The van der Waals surface area contributed by atoms with Crippen molar-refractivity contribution in [2.75, 3.05) is 0 Å². The van der Waals surface area contributed by atoms with Gasteiger partial charge in [-0.1, -0.05) is 19.4 Å². The van der Waals surface area contributed by atoms with Crippen LogP contribution in [0.25, 0.3) is 21.2 Å². The summed E-state index contributed by atoms with van der Waals surface area (Å²) in [6.07, 6.45) is 1.90. The summed E-state index contributed by atoms with van der Waals surface area (Å²) in [5.74, 6) is -0.653. The van der Waals surface area contributed by atoms with Crippen LogP contribution in [0, 0.1) is 5.82 Å². The molecule has 0 saturated carbocycles. The average molecular weight is 407 g/mol. The molecule has 1 N–H and O–H groups in total. The van der Waals surface area contributed by atoms with E-state index in [0.29, 0.717) is 22.2 Å². The van der Waals surface area contributed by atoms with Crippen LogP contribution in [-0.4, -0.2) is 16.4 Å². The third-order valence-electron chi connectivity index (χ3n) is 5.35. The molecule has 0 spiro atoms. The summed E-state index contributed by atoms with van der Waals surface area (Å²) < 4.78 is 20.4. The lowest BCUT2D eigenvalue weighted by Gasteiger charge is -2.17. The number of aromatic nitrogens is 1. The zero-order chi connectivity index (χ0) is 20.1. The zero-order valence-corrected chi connectivity index (χ0v) is 16.8. The Morgan fingerprint density at radius 1 is 1.24 bits per heavy atom. The molecule has 1 unspecified atom stereocenters. The summed E-state index contributed by atoms with van der Waals surface area (Å²) in [7, 11) is 0. The molecule has 0 fully saturated rings. The zero-order valence-electron chi connectivity index (χ0n) is 16.0. The maximum Gasteiger partial charge on any atom is 0.417 e. The minimum atomic E-state index is -0.486. The van der Waals surface area contributed by atoms with E-state index in [4.69, 9.17) is 4.42 Å². The number of hydrogen-bond donors (Lipinski definition) is 1. The highest BCUT2D eigenvalue weighted by molar-refractivity contribution is 7.21. The first-order chi connectivity index (χ1) is 14.0. The Hall–Kier alpha value is -3.06. The fourth-order valence-corrected chi connectivity index (χ4v) is 5.04. The second-order valence-corrected chi connectivity index (χ2v) is 8.33. The van der Waals surface area contributed by atoms with Crippen LogP contribution < -0.4 is 5.76 Å². The van der Waals surface area contributed by atoms with Gasteiger partial charge in [0.15, 0.2) is 5.58 Å². The van der Waals surface area contributed by atoms with E-state index in [9.17, 15) is 9.18 Å². The summed E-state index contributed by atoms with van der Waals surface area (Å²) in [6.45, 7) is 4.11. The molecule has 146 valence electrons. The van der Waals surface area contributed by atoms with Gasteiger partial charge in [0.05, 0.1) is 10.4 Å². The predicted octanol–water partition coefficient (Wildman–Crippen LogP) is 5.59. The molecule has 2 aromatic carbocycles. The van der Waals surface area contributed by atoms with Crippen molar-refractivity contribution < 1.29 is 8.81 Å². The van der Waals surface area contributed by atoms with E-state index in [1.165, 1.54) is 17.4 Å². The van der Waals surface area contributed by atoms with E-state index in [1.807, 2.05) is 31.2 Å². The van der Waals surface area contributed by atoms with Crippen molar-refractivity contribution in [2.45, 2.75) is 32.6 Å². The molecule has 0 bridgehead atoms. The molecule has 4 aromatic rings. The van der Waals surface area contributed by atoms with Crippen LogP contribution in [-0.2, 0) is 0 Å². The van der Waals surface area contributed by atoms with Crippen LogP contribution in [0.3, 0.4) is 0 Å². The Morgan fingerprint density at radius 3 is 2.90 bits per heavy atom. The minimum absolute atomic E-state index is 0.0881. The number of H-pyrrole nitrogens is 1. The molecular weight excluding hydrogens is 389 g/mol. The van der Waals surface area contributed by atoms with Crippen molar-refractivity contribution in [3.8, 4) is 0 Å². The van der Waals surface area contributed by atoms with Crippen molar-refractivity contribution >= 4 is 43.9 Å². The monoisotopic (exact) mass is 407 g/mol. The molecule has 5 nitrogen and oxygen atoms in total. The second-order valence-electron chi connectivity index (χ2n) is 7.24. The fourth-order valence-electron chi connectivity index (χ4n) is 3.96. The highest BCUT2D eigenvalue weighted by Crippen LogP contribution is 2.36. The molecule has 0 amide bonds. The molecule has 2 aromatic heterocycles. The van der Waals surface area contributed by atoms with Gasteiger partial charge in [-0.25, -0.2) is 9.18 Å². The molecule has 0 radical (unpaired) electrons. The van der Waals surface area contributed by atoms with Crippen molar-refractivity contribution in [3.63, 3.8) is 0 Å². The summed E-state index contributed by atoms with van der Waals surface area (Å²) in [5, 5.41) is 9.62. The number of rotatable bonds is 3. The van der Waals surface area contributed by atoms with Gasteiger partial charge >= 0.3 is 5.76 Å². The van der Waals surface area contributed by atoms with E-state index in [-0.39, 0.29) is 11.7 Å². The van der Waals surface area contributed by atoms with Crippen molar-refractivity contribution in [1.29, 1.82) is 0 Å². The van der Waals surface area contributed by atoms with Gasteiger partial charge in [-0.05, 0) is 49.2 Å². The molecular formula is C22H18FN3O2S. The molecule has 3 heterocycles. The standard InChI is InChI=1S/C22H18FN3O2S/c1-3-5-12-11(2)25-26-21(20-10-15-16(23)6-4-7-19(15)29-20)14-9-18-17(8-13(12)14)24-22(27)28-18/h4,6-10,12H,3,5H2,1-2H3,(H,24,27). The predicted molar refractivity (Wildman–Crippen MR) is 115 cm³/mol. The summed E-state index contributed by atoms with van der Waals surface area (Å²) in [5.41, 5.74) is 4.64. The molecule has 7 heteroatoms. The number of nitrogens with zero attached hydrogens (tertiary/aromatic N) is 2. The topological polar surface area (TPSA) is 70.7 Å². The number of halogens is 1. The second kappa shape index (κ2) is 6.77. The van der Waals surface area contributed by atoms with Gasteiger partial charge in [0, 0.05) is 27.3 Å². The highest BCUT2D eigenvalue weighted by atomic mass is 32.1. The fraction of sp³-hybridized carbons (Fsp3) is 0.227. The van der Waals surface area contributed by atoms with Crippen molar-refractivity contribution in [1.82, 2.24) is 4.98 Å². The minimum Gasteiger partial charge on any atom is -0.408 e. The van der Waals surface area contributed by atoms with Crippen LogP contribution in [0.1, 0.15) is 48.6 Å². The summed E-state index contributed by atoms with van der Waals surface area (Å²) in [4.78, 5) is 15.3. The van der Waals surface area contributed by atoms with E-state index < -0.39 is 5.76 Å². The first-order valence-corrected chi connectivity index (χ1v) is 10.3. The number of benzene rings is 2. The van der Waals surface area contributed by atoms with Crippen LogP contribution in [0.5, 0.6) is 0 Å². The Morgan fingerprint density at radius 2 is 2.10 bits per heavy atom. The Bertz CT molecular complexity index is 1380. The Balaban J connectivity index is 1.79. The van der Waals surface area contributed by atoms with Crippen LogP contribution in [0.15, 0.2) is 55.8 Å². The first kappa shape index (κ1) is 18.0. The van der Waals surface area contributed by atoms with Gasteiger partial charge in [0.2, 0.25) is 0 Å². The van der Waals surface area contributed by atoms with Crippen LogP contribution in [0.2, 0.25) is 0 Å². The van der Waals surface area contributed by atoms with Crippen molar-refractivity contribution in [3.05, 3.63) is 68.8 Å². The molecule has 1 aliphatic rings. The lowest BCUT2D eigenvalue weighted by atomic mass is 9.85. The average Bonchev–Trinajstić information content (AvgIpc) is 3.25. The van der Waals surface area contributed by atoms with Gasteiger partial charge < -0.3 is 4.42 Å². The van der Waals surface area contributed by atoms with Gasteiger partial charge in [0.1, 0.15) is 11.5 Å². The number of nitrogens with one attached hydrogen (secondary N) is 1. The summed E-state index contributed by atoms with van der Waals surface area (Å²) >= 11 is 1.48. The largest absolute Gasteiger partial charge is 0.417 e. The Kier molecular flexibility index (Phi) is 4.20. The SMILES string of the molecule is CCCC1C(C)=NN=C(c2cc3c(F)cccc3s2)c2cc3oc(=O)[nH]c3cc21. The van der Waals surface area contributed by atoms with Crippen LogP contribution >= 0.6 is 11.3 Å². The van der Waals surface area contributed by atoms with E-state index in [1.54, 1.807) is 6.07 Å². The van der Waals surface area contributed by atoms with Gasteiger partial charge in [-0.3, -0.25) is 4.98 Å². The van der Waals surface area contributed by atoms with E-state index >= 15 is 0 Å². The smallest absolute Gasteiger partial charge is 0.408 e. The molecule has 29 heavy (non-hydrogen) atoms. The Labute approximate surface area is 169 Å². The van der Waals surface area contributed by atoms with Crippen LogP contribution in [0.4, 0.5) is 4.39 Å². The maximum absolute atomic E-state index is 14.3. The maximum atomic E-state index is 14.3. The molecule has 1 aliphatic heterocycles. The molecule has 0 aliphatic carbocycles. The third-order valence-corrected chi connectivity index (χ3v) is 6.46. The lowest BCUT2D eigenvalue weighted by molar-refractivity contribution is 0.555. The number of aromatic amines is 1. The number of fused-ring (bicyclic) bond motifs is 3. The first-order valence-electron chi connectivity index (χ1n) is 9.53. The van der Waals surface area contributed by atoms with Gasteiger partial charge in [-0.2, -0.15) is 5.10 Å². The number of oxazole rings is 1. The van der Waals surface area contributed by atoms with Gasteiger partial charge in [0.25, 0.3) is 0 Å². The molecule has 0 saturated heterocycles.